The Hall–Kier alpha value is -2.25. The zero-order valence-corrected chi connectivity index (χ0v) is 11.5. The Bertz CT molecular complexity index is 657. The van der Waals surface area contributed by atoms with Crippen molar-refractivity contribution in [2.45, 2.75) is 0 Å². The number of carbonyl (C=O) groups excluding carboxylic acids is 1. The fourth-order valence-electron chi connectivity index (χ4n) is 1.41. The molecular weight excluding hydrogens is 302 g/mol. The summed E-state index contributed by atoms with van der Waals surface area (Å²) in [6.07, 6.45) is 1.35. The molecule has 0 aliphatic rings. The van der Waals surface area contributed by atoms with Crippen LogP contribution in [0.25, 0.3) is 0 Å². The number of anilines is 1. The van der Waals surface area contributed by atoms with Gasteiger partial charge in [0.1, 0.15) is 0 Å². The zero-order valence-electron chi connectivity index (χ0n) is 9.97. The van der Waals surface area contributed by atoms with Crippen LogP contribution in [0.15, 0.2) is 47.6 Å². The van der Waals surface area contributed by atoms with E-state index in [9.17, 15) is 14.9 Å². The zero-order chi connectivity index (χ0) is 14.5. The number of amides is 1. The van der Waals surface area contributed by atoms with E-state index >= 15 is 0 Å². The Balaban J connectivity index is 2.22. The molecular formula is C12H8ClN3O3S. The number of nitrogens with zero attached hydrogens (tertiary/aromatic N) is 3. The van der Waals surface area contributed by atoms with Gasteiger partial charge in [-0.3, -0.25) is 14.9 Å². The Morgan fingerprint density at radius 3 is 2.55 bits per heavy atom. The van der Waals surface area contributed by atoms with E-state index in [0.29, 0.717) is 10.6 Å². The van der Waals surface area contributed by atoms with Crippen molar-refractivity contribution < 1.29 is 9.72 Å². The third-order valence-corrected chi connectivity index (χ3v) is 3.39. The van der Waals surface area contributed by atoms with Crippen molar-refractivity contribution in [3.8, 4) is 0 Å². The van der Waals surface area contributed by atoms with E-state index in [2.05, 4.69) is 5.10 Å². The van der Waals surface area contributed by atoms with Crippen LogP contribution in [0.5, 0.6) is 0 Å². The topological polar surface area (TPSA) is 75.8 Å². The molecule has 2 rings (SSSR count). The van der Waals surface area contributed by atoms with Crippen LogP contribution < -0.4 is 5.01 Å². The van der Waals surface area contributed by atoms with Crippen molar-refractivity contribution in [1.82, 2.24) is 0 Å². The molecule has 0 atom stereocenters. The number of hydrogen-bond donors (Lipinski definition) is 0. The lowest BCUT2D eigenvalue weighted by molar-refractivity contribution is -0.380. The lowest BCUT2D eigenvalue weighted by atomic mass is 10.3. The van der Waals surface area contributed by atoms with Crippen molar-refractivity contribution in [3.63, 3.8) is 0 Å². The largest absolute Gasteiger partial charge is 0.341 e. The van der Waals surface area contributed by atoms with Crippen molar-refractivity contribution in [2.75, 3.05) is 5.01 Å². The Kier molecular flexibility index (Phi) is 4.44. The number of hydrazone groups is 1. The number of hydrogen-bond acceptors (Lipinski definition) is 5. The number of carbonyl (C=O) groups is 1. The molecule has 2 aromatic rings. The molecule has 102 valence electrons. The maximum Gasteiger partial charge on any atom is 0.341 e. The number of para-hydroxylation sites is 1. The van der Waals surface area contributed by atoms with Gasteiger partial charge in [0.15, 0.2) is 0 Å². The lowest BCUT2D eigenvalue weighted by Crippen LogP contribution is -2.18. The molecule has 0 unspecified atom stereocenters. The lowest BCUT2D eigenvalue weighted by Gasteiger charge is -2.12. The first-order chi connectivity index (χ1) is 9.58. The summed E-state index contributed by atoms with van der Waals surface area (Å²) < 4.78 is 0. The van der Waals surface area contributed by atoms with Crippen molar-refractivity contribution in [2.24, 2.45) is 5.10 Å². The van der Waals surface area contributed by atoms with Gasteiger partial charge in [-0.05, 0) is 29.8 Å². The predicted octanol–water partition coefficient (Wildman–Crippen LogP) is 3.86. The average molecular weight is 310 g/mol. The fraction of sp³-hybridized carbons (Fsp3) is 0. The molecule has 1 aromatic heterocycles. The summed E-state index contributed by atoms with van der Waals surface area (Å²) in [7, 11) is 0. The number of benzene rings is 1. The molecule has 0 radical (unpaired) electrons. The van der Waals surface area contributed by atoms with E-state index in [-0.39, 0.29) is 5.00 Å². The maximum absolute atomic E-state index is 11.4. The molecule has 0 saturated carbocycles. The second-order valence-electron chi connectivity index (χ2n) is 3.58. The number of nitro groups is 1. The summed E-state index contributed by atoms with van der Waals surface area (Å²) in [5, 5.41) is 14.8. The van der Waals surface area contributed by atoms with Gasteiger partial charge >= 0.3 is 10.4 Å². The highest BCUT2D eigenvalue weighted by molar-refractivity contribution is 7.16. The molecule has 1 aromatic carbocycles. The van der Waals surface area contributed by atoms with Crippen LogP contribution >= 0.6 is 22.9 Å². The first kappa shape index (κ1) is 14.2. The van der Waals surface area contributed by atoms with Gasteiger partial charge in [0.05, 0.1) is 21.7 Å². The van der Waals surface area contributed by atoms with E-state index in [1.807, 2.05) is 0 Å². The maximum atomic E-state index is 11.4. The summed E-state index contributed by atoms with van der Waals surface area (Å²) in [6.45, 7) is 0. The highest BCUT2D eigenvalue weighted by atomic mass is 35.5. The molecule has 0 aliphatic carbocycles. The van der Waals surface area contributed by atoms with Crippen molar-refractivity contribution >= 4 is 45.2 Å². The molecule has 0 N–H and O–H groups in total. The molecule has 0 spiro atoms. The third-order valence-electron chi connectivity index (χ3n) is 2.26. The van der Waals surface area contributed by atoms with Gasteiger partial charge in [-0.2, -0.15) is 10.1 Å². The summed E-state index contributed by atoms with van der Waals surface area (Å²) in [4.78, 5) is 22.0. The molecule has 1 amide bonds. The Morgan fingerprint density at radius 2 is 2.00 bits per heavy atom. The summed E-state index contributed by atoms with van der Waals surface area (Å²) in [6, 6.07) is 11.6. The van der Waals surface area contributed by atoms with Crippen LogP contribution in [-0.4, -0.2) is 16.5 Å². The van der Waals surface area contributed by atoms with Gasteiger partial charge in [0.25, 0.3) is 0 Å². The normalized spacial score (nSPS) is 10.7. The standard InChI is InChI=1S/C12H8ClN3O3S/c13-12(17)15(9-4-2-1-3-5-9)14-8-10-6-7-11(20-10)16(18)19/h1-8H/b14-8+. The second kappa shape index (κ2) is 6.27. The fourth-order valence-corrected chi connectivity index (χ4v) is 2.24. The van der Waals surface area contributed by atoms with E-state index < -0.39 is 10.3 Å². The smallest absolute Gasteiger partial charge is 0.258 e. The van der Waals surface area contributed by atoms with Crippen LogP contribution in [0.4, 0.5) is 15.5 Å². The summed E-state index contributed by atoms with van der Waals surface area (Å²) in [5.74, 6) is 0. The quantitative estimate of drug-likeness (QED) is 0.283. The van der Waals surface area contributed by atoms with Gasteiger partial charge in [0, 0.05) is 6.07 Å². The van der Waals surface area contributed by atoms with E-state index in [1.54, 1.807) is 36.4 Å². The predicted molar refractivity (Wildman–Crippen MR) is 78.7 cm³/mol. The monoisotopic (exact) mass is 309 g/mol. The first-order valence-corrected chi connectivity index (χ1v) is 6.60. The molecule has 0 aliphatic heterocycles. The Labute approximate surface area is 123 Å². The molecule has 0 bridgehead atoms. The average Bonchev–Trinajstić information content (AvgIpc) is 2.89. The highest BCUT2D eigenvalue weighted by Crippen LogP contribution is 2.23. The SMILES string of the molecule is O=C(Cl)N(/N=C/c1ccc([N+](=O)[O-])s1)c1ccccc1. The van der Waals surface area contributed by atoms with E-state index in [0.717, 1.165) is 16.3 Å². The van der Waals surface area contributed by atoms with Gasteiger partial charge in [-0.25, -0.2) is 0 Å². The van der Waals surface area contributed by atoms with Gasteiger partial charge < -0.3 is 0 Å². The van der Waals surface area contributed by atoms with Gasteiger partial charge in [-0.1, -0.05) is 29.5 Å². The van der Waals surface area contributed by atoms with Gasteiger partial charge in [-0.15, -0.1) is 0 Å². The minimum atomic E-state index is -0.765. The third kappa shape index (κ3) is 3.40. The molecule has 0 fully saturated rings. The molecule has 6 nitrogen and oxygen atoms in total. The van der Waals surface area contributed by atoms with Crippen LogP contribution in [0.3, 0.4) is 0 Å². The van der Waals surface area contributed by atoms with E-state index in [1.165, 1.54) is 12.3 Å². The van der Waals surface area contributed by atoms with Gasteiger partial charge in [0.2, 0.25) is 0 Å². The molecule has 20 heavy (non-hydrogen) atoms. The molecule has 8 heteroatoms. The molecule has 0 saturated heterocycles. The number of halogens is 1. The first-order valence-electron chi connectivity index (χ1n) is 5.41. The van der Waals surface area contributed by atoms with Crippen LogP contribution in [-0.2, 0) is 0 Å². The van der Waals surface area contributed by atoms with Crippen molar-refractivity contribution in [3.05, 3.63) is 57.5 Å². The van der Waals surface area contributed by atoms with E-state index in [4.69, 9.17) is 11.6 Å². The van der Waals surface area contributed by atoms with Crippen LogP contribution in [0.1, 0.15) is 4.88 Å². The molecule has 1 heterocycles. The minimum absolute atomic E-state index is 0.00918. The summed E-state index contributed by atoms with van der Waals surface area (Å²) in [5.41, 5.74) is 0.509. The van der Waals surface area contributed by atoms with Crippen LogP contribution in [0, 0.1) is 10.1 Å². The number of thiophene rings is 1. The second-order valence-corrected chi connectivity index (χ2v) is 5.00. The highest BCUT2D eigenvalue weighted by Gasteiger charge is 2.12. The number of rotatable bonds is 4. The van der Waals surface area contributed by atoms with Crippen molar-refractivity contribution in [1.29, 1.82) is 0 Å². The Morgan fingerprint density at radius 1 is 1.30 bits per heavy atom. The summed E-state index contributed by atoms with van der Waals surface area (Å²) >= 11 is 6.43. The van der Waals surface area contributed by atoms with Crippen LogP contribution in [0.2, 0.25) is 0 Å². The minimum Gasteiger partial charge on any atom is -0.258 e.